The molecule has 2 aromatic rings. The summed E-state index contributed by atoms with van der Waals surface area (Å²) in [6, 6.07) is 20.0. The van der Waals surface area contributed by atoms with Gasteiger partial charge in [-0.2, -0.15) is 0 Å². The van der Waals surface area contributed by atoms with Crippen molar-refractivity contribution in [1.82, 2.24) is 4.90 Å². The first-order chi connectivity index (χ1) is 11.9. The highest BCUT2D eigenvalue weighted by Gasteiger charge is 2.25. The minimum absolute atomic E-state index is 0.591. The average Bonchev–Trinajstić information content (AvgIpc) is 3.11. The molecule has 2 aliphatic rings. The Morgan fingerprint density at radius 3 is 2.83 bits per heavy atom. The van der Waals surface area contributed by atoms with Gasteiger partial charge < -0.3 is 5.32 Å². The van der Waals surface area contributed by atoms with Crippen LogP contribution in [0, 0.1) is 0 Å². The normalized spacial score (nSPS) is 20.3. The van der Waals surface area contributed by atoms with Crippen LogP contribution in [0.25, 0.3) is 0 Å². The van der Waals surface area contributed by atoms with Crippen molar-refractivity contribution in [3.63, 3.8) is 0 Å². The molecule has 124 valence electrons. The smallest absolute Gasteiger partial charge is 0.161 e. The zero-order valence-electron chi connectivity index (χ0n) is 13.8. The monoisotopic (exact) mass is 337 g/mol. The van der Waals surface area contributed by atoms with Crippen molar-refractivity contribution >= 4 is 22.6 Å². The number of benzene rings is 2. The van der Waals surface area contributed by atoms with Crippen LogP contribution in [0.3, 0.4) is 0 Å². The Labute approximate surface area is 148 Å². The molecule has 4 heteroatoms. The van der Waals surface area contributed by atoms with Crippen molar-refractivity contribution < 1.29 is 0 Å². The van der Waals surface area contributed by atoms with Gasteiger partial charge in [-0.3, -0.25) is 9.89 Å². The molecule has 24 heavy (non-hydrogen) atoms. The van der Waals surface area contributed by atoms with Gasteiger partial charge in [0.25, 0.3) is 0 Å². The first kappa shape index (κ1) is 15.7. The fraction of sp³-hybridized carbons (Fsp3) is 0.350. The molecular formula is C20H23N3S. The molecule has 1 saturated heterocycles. The fourth-order valence-electron chi connectivity index (χ4n) is 3.58. The topological polar surface area (TPSA) is 27.6 Å². The molecular weight excluding hydrogens is 314 g/mol. The maximum atomic E-state index is 4.66. The average molecular weight is 337 g/mol. The third kappa shape index (κ3) is 3.50. The second kappa shape index (κ2) is 7.41. The van der Waals surface area contributed by atoms with Gasteiger partial charge in [-0.1, -0.05) is 60.3 Å². The molecule has 2 aromatic carbocycles. The van der Waals surface area contributed by atoms with Gasteiger partial charge in [0.1, 0.15) is 0 Å². The lowest BCUT2D eigenvalue weighted by molar-refractivity contribution is 0.274. The number of hydrogen-bond acceptors (Lipinski definition) is 4. The van der Waals surface area contributed by atoms with E-state index in [4.69, 9.17) is 0 Å². The van der Waals surface area contributed by atoms with Crippen LogP contribution < -0.4 is 5.32 Å². The summed E-state index contributed by atoms with van der Waals surface area (Å²) in [6.45, 7) is 3.12. The van der Waals surface area contributed by atoms with Crippen LogP contribution in [0.5, 0.6) is 0 Å². The number of thioether (sulfide) groups is 1. The Hall–Kier alpha value is -1.78. The van der Waals surface area contributed by atoms with Crippen molar-refractivity contribution in [2.45, 2.75) is 25.4 Å². The molecule has 0 aliphatic carbocycles. The molecule has 1 fully saturated rings. The van der Waals surface area contributed by atoms with Crippen molar-refractivity contribution in [3.8, 4) is 0 Å². The molecule has 0 bridgehead atoms. The number of aliphatic imine (C=N–C) groups is 1. The summed E-state index contributed by atoms with van der Waals surface area (Å²) in [5.74, 6) is 1.08. The molecule has 0 amide bonds. The van der Waals surface area contributed by atoms with Gasteiger partial charge >= 0.3 is 0 Å². The van der Waals surface area contributed by atoms with E-state index in [2.05, 4.69) is 69.8 Å². The van der Waals surface area contributed by atoms with Gasteiger partial charge in [0.15, 0.2) is 5.17 Å². The summed E-state index contributed by atoms with van der Waals surface area (Å²) in [4.78, 5) is 7.29. The fourth-order valence-corrected chi connectivity index (χ4v) is 4.44. The van der Waals surface area contributed by atoms with E-state index < -0.39 is 0 Å². The van der Waals surface area contributed by atoms with Gasteiger partial charge in [0.2, 0.25) is 0 Å². The lowest BCUT2D eigenvalue weighted by Gasteiger charge is -2.25. The van der Waals surface area contributed by atoms with E-state index in [-0.39, 0.29) is 0 Å². The molecule has 1 N–H and O–H groups in total. The summed E-state index contributed by atoms with van der Waals surface area (Å²) >= 11 is 1.84. The first-order valence-electron chi connectivity index (χ1n) is 8.71. The Morgan fingerprint density at radius 1 is 1.08 bits per heavy atom. The maximum Gasteiger partial charge on any atom is 0.161 e. The summed E-state index contributed by atoms with van der Waals surface area (Å²) in [6.07, 6.45) is 2.58. The van der Waals surface area contributed by atoms with Crippen LogP contribution >= 0.6 is 11.8 Å². The summed E-state index contributed by atoms with van der Waals surface area (Å²) < 4.78 is 0. The number of rotatable bonds is 4. The number of hydrogen-bond donors (Lipinski definition) is 1. The van der Waals surface area contributed by atoms with Gasteiger partial charge in [-0.15, -0.1) is 0 Å². The molecule has 3 nitrogen and oxygen atoms in total. The largest absolute Gasteiger partial charge is 0.335 e. The van der Waals surface area contributed by atoms with E-state index >= 15 is 0 Å². The summed E-state index contributed by atoms with van der Waals surface area (Å²) in [5.41, 5.74) is 3.95. The van der Waals surface area contributed by atoms with E-state index in [1.54, 1.807) is 0 Å². The Kier molecular flexibility index (Phi) is 4.86. The SMILES string of the molecule is c1ccc(C2CCCN2CCSC2=NCc3ccccc3N2)cc1. The Morgan fingerprint density at radius 2 is 1.92 bits per heavy atom. The third-order valence-corrected chi connectivity index (χ3v) is 5.71. The number of fused-ring (bicyclic) bond motifs is 1. The molecule has 1 unspecified atom stereocenters. The van der Waals surface area contributed by atoms with Crippen LogP contribution in [0.15, 0.2) is 59.6 Å². The molecule has 2 heterocycles. The zero-order chi connectivity index (χ0) is 16.2. The molecule has 0 aromatic heterocycles. The lowest BCUT2D eigenvalue weighted by atomic mass is 10.1. The molecule has 0 saturated carbocycles. The Bertz CT molecular complexity index is 714. The van der Waals surface area contributed by atoms with E-state index in [0.29, 0.717) is 6.04 Å². The molecule has 4 rings (SSSR count). The number of anilines is 1. The highest BCUT2D eigenvalue weighted by atomic mass is 32.2. The van der Waals surface area contributed by atoms with Crippen LogP contribution in [0.1, 0.15) is 30.0 Å². The number of likely N-dealkylation sites (tertiary alicyclic amines) is 1. The van der Waals surface area contributed by atoms with E-state index in [1.165, 1.54) is 36.2 Å². The molecule has 0 radical (unpaired) electrons. The maximum absolute atomic E-state index is 4.66. The highest BCUT2D eigenvalue weighted by Crippen LogP contribution is 2.32. The highest BCUT2D eigenvalue weighted by molar-refractivity contribution is 8.14. The van der Waals surface area contributed by atoms with Crippen molar-refractivity contribution in [2.24, 2.45) is 4.99 Å². The van der Waals surface area contributed by atoms with Crippen molar-refractivity contribution in [1.29, 1.82) is 0 Å². The molecule has 2 aliphatic heterocycles. The predicted octanol–water partition coefficient (Wildman–Crippen LogP) is 4.54. The summed E-state index contributed by atoms with van der Waals surface area (Å²) in [5, 5.41) is 4.52. The van der Waals surface area contributed by atoms with E-state index in [1.807, 2.05) is 11.8 Å². The van der Waals surface area contributed by atoms with Gasteiger partial charge in [-0.25, -0.2) is 0 Å². The first-order valence-corrected chi connectivity index (χ1v) is 9.70. The molecule has 1 atom stereocenters. The number of amidine groups is 1. The minimum Gasteiger partial charge on any atom is -0.335 e. The minimum atomic E-state index is 0.591. The number of nitrogens with zero attached hydrogens (tertiary/aromatic N) is 2. The van der Waals surface area contributed by atoms with Crippen LogP contribution in [-0.2, 0) is 6.54 Å². The molecule has 0 spiro atoms. The van der Waals surface area contributed by atoms with Crippen molar-refractivity contribution in [3.05, 3.63) is 65.7 Å². The van der Waals surface area contributed by atoms with Gasteiger partial charge in [0.05, 0.1) is 6.54 Å². The van der Waals surface area contributed by atoms with Gasteiger partial charge in [-0.05, 0) is 36.6 Å². The van der Waals surface area contributed by atoms with Crippen molar-refractivity contribution in [2.75, 3.05) is 24.2 Å². The predicted molar refractivity (Wildman–Crippen MR) is 104 cm³/mol. The lowest BCUT2D eigenvalue weighted by Crippen LogP contribution is -2.26. The van der Waals surface area contributed by atoms with Gasteiger partial charge in [0, 0.05) is 24.0 Å². The van der Waals surface area contributed by atoms with E-state index in [9.17, 15) is 0 Å². The van der Waals surface area contributed by atoms with Crippen LogP contribution in [-0.4, -0.2) is 28.9 Å². The zero-order valence-corrected chi connectivity index (χ0v) is 14.6. The van der Waals surface area contributed by atoms with E-state index in [0.717, 1.165) is 24.0 Å². The second-order valence-electron chi connectivity index (χ2n) is 6.36. The quantitative estimate of drug-likeness (QED) is 0.888. The second-order valence-corrected chi connectivity index (χ2v) is 7.44. The number of para-hydroxylation sites is 1. The Balaban J connectivity index is 1.31. The van der Waals surface area contributed by atoms with Crippen LogP contribution in [0.4, 0.5) is 5.69 Å². The third-order valence-electron chi connectivity index (χ3n) is 4.82. The standard InChI is InChI=1S/C20H23N3S/c1-2-7-16(8-3-1)19-11-6-12-23(19)13-14-24-20-21-15-17-9-4-5-10-18(17)22-20/h1-5,7-10,19H,6,11-15H2,(H,21,22). The van der Waals surface area contributed by atoms with Crippen LogP contribution in [0.2, 0.25) is 0 Å². The number of nitrogens with one attached hydrogen (secondary N) is 1. The summed E-state index contributed by atoms with van der Waals surface area (Å²) in [7, 11) is 0.